The lowest BCUT2D eigenvalue weighted by molar-refractivity contribution is -0.383. The van der Waals surface area contributed by atoms with Gasteiger partial charge >= 0.3 is 0 Å². The molecular formula is C15H13N5O3S2. The smallest absolute Gasteiger partial charge is 0.292 e. The van der Waals surface area contributed by atoms with E-state index in [-0.39, 0.29) is 23.0 Å². The summed E-state index contributed by atoms with van der Waals surface area (Å²) >= 11 is 2.78. The third-order valence-electron chi connectivity index (χ3n) is 3.28. The van der Waals surface area contributed by atoms with Gasteiger partial charge in [-0.25, -0.2) is 0 Å². The molecule has 0 saturated heterocycles. The van der Waals surface area contributed by atoms with Crippen LogP contribution in [0.3, 0.4) is 0 Å². The Balaban J connectivity index is 1.65. The van der Waals surface area contributed by atoms with Crippen LogP contribution < -0.4 is 5.32 Å². The Labute approximate surface area is 151 Å². The lowest BCUT2D eigenvalue weighted by Crippen LogP contribution is -2.15. The SMILES string of the molecule is Cn1c(SCC(=O)Nc2ccccc2[N+](=O)[O-])nnc1-c1cccs1. The minimum atomic E-state index is -0.529. The molecule has 128 valence electrons. The van der Waals surface area contributed by atoms with E-state index in [1.807, 2.05) is 29.1 Å². The van der Waals surface area contributed by atoms with Crippen molar-refractivity contribution in [2.24, 2.45) is 7.05 Å². The summed E-state index contributed by atoms with van der Waals surface area (Å²) in [6.07, 6.45) is 0. The molecule has 2 aromatic heterocycles. The summed E-state index contributed by atoms with van der Waals surface area (Å²) in [6.45, 7) is 0. The zero-order valence-electron chi connectivity index (χ0n) is 13.1. The van der Waals surface area contributed by atoms with E-state index in [4.69, 9.17) is 0 Å². The Hall–Kier alpha value is -2.72. The van der Waals surface area contributed by atoms with Crippen LogP contribution >= 0.6 is 23.1 Å². The van der Waals surface area contributed by atoms with E-state index in [2.05, 4.69) is 15.5 Å². The number of nitrogens with zero attached hydrogens (tertiary/aromatic N) is 4. The van der Waals surface area contributed by atoms with Gasteiger partial charge in [0.15, 0.2) is 11.0 Å². The van der Waals surface area contributed by atoms with Crippen molar-refractivity contribution in [2.75, 3.05) is 11.1 Å². The number of anilines is 1. The molecule has 1 N–H and O–H groups in total. The Kier molecular flexibility index (Phi) is 5.10. The summed E-state index contributed by atoms with van der Waals surface area (Å²) in [5.74, 6) is 0.458. The molecule has 10 heteroatoms. The van der Waals surface area contributed by atoms with Crippen molar-refractivity contribution in [1.82, 2.24) is 14.8 Å². The number of amides is 1. The molecule has 2 heterocycles. The maximum atomic E-state index is 12.1. The van der Waals surface area contributed by atoms with Gasteiger partial charge in [-0.2, -0.15) is 0 Å². The van der Waals surface area contributed by atoms with E-state index in [1.54, 1.807) is 23.5 Å². The zero-order chi connectivity index (χ0) is 17.8. The van der Waals surface area contributed by atoms with Crippen molar-refractivity contribution in [3.8, 4) is 10.7 Å². The molecule has 25 heavy (non-hydrogen) atoms. The highest BCUT2D eigenvalue weighted by Gasteiger charge is 2.17. The zero-order valence-corrected chi connectivity index (χ0v) is 14.7. The highest BCUT2D eigenvalue weighted by Crippen LogP contribution is 2.27. The third-order valence-corrected chi connectivity index (χ3v) is 5.17. The highest BCUT2D eigenvalue weighted by atomic mass is 32.2. The maximum absolute atomic E-state index is 12.1. The van der Waals surface area contributed by atoms with Gasteiger partial charge in [0, 0.05) is 13.1 Å². The first-order valence-electron chi connectivity index (χ1n) is 7.15. The van der Waals surface area contributed by atoms with Crippen LogP contribution in [0.25, 0.3) is 10.7 Å². The molecule has 0 aliphatic rings. The second-order valence-electron chi connectivity index (χ2n) is 4.95. The Morgan fingerprint density at radius 3 is 2.84 bits per heavy atom. The first-order chi connectivity index (χ1) is 12.1. The molecule has 1 aromatic carbocycles. The molecule has 0 radical (unpaired) electrons. The number of benzene rings is 1. The fourth-order valence-corrected chi connectivity index (χ4v) is 3.57. The number of rotatable bonds is 6. The van der Waals surface area contributed by atoms with Gasteiger partial charge in [0.2, 0.25) is 5.91 Å². The number of thiophene rings is 1. The van der Waals surface area contributed by atoms with Gasteiger partial charge in [-0.15, -0.1) is 21.5 Å². The quantitative estimate of drug-likeness (QED) is 0.403. The summed E-state index contributed by atoms with van der Waals surface area (Å²) in [7, 11) is 1.83. The number of hydrogen-bond acceptors (Lipinski definition) is 7. The number of thioether (sulfide) groups is 1. The number of para-hydroxylation sites is 2. The van der Waals surface area contributed by atoms with Crippen LogP contribution in [-0.4, -0.2) is 31.3 Å². The van der Waals surface area contributed by atoms with E-state index >= 15 is 0 Å². The monoisotopic (exact) mass is 375 g/mol. The van der Waals surface area contributed by atoms with Gasteiger partial charge < -0.3 is 9.88 Å². The lowest BCUT2D eigenvalue weighted by atomic mass is 10.2. The van der Waals surface area contributed by atoms with Crippen molar-refractivity contribution in [2.45, 2.75) is 5.16 Å². The molecular weight excluding hydrogens is 362 g/mol. The van der Waals surface area contributed by atoms with Crippen LogP contribution in [0.5, 0.6) is 0 Å². The number of hydrogen-bond donors (Lipinski definition) is 1. The first-order valence-corrected chi connectivity index (χ1v) is 9.02. The number of nitro groups is 1. The average Bonchev–Trinajstić information content (AvgIpc) is 3.23. The Morgan fingerprint density at radius 2 is 2.12 bits per heavy atom. The normalized spacial score (nSPS) is 10.6. The largest absolute Gasteiger partial charge is 0.320 e. The Morgan fingerprint density at radius 1 is 1.32 bits per heavy atom. The van der Waals surface area contributed by atoms with Crippen LogP contribution in [0, 0.1) is 10.1 Å². The molecule has 3 rings (SSSR count). The first kappa shape index (κ1) is 17.1. The van der Waals surface area contributed by atoms with E-state index in [0.717, 1.165) is 10.7 Å². The molecule has 0 aliphatic heterocycles. The summed E-state index contributed by atoms with van der Waals surface area (Å²) in [5, 5.41) is 24.3. The minimum Gasteiger partial charge on any atom is -0.320 e. The van der Waals surface area contributed by atoms with Crippen molar-refractivity contribution < 1.29 is 9.72 Å². The standard InChI is InChI=1S/C15H13N5O3S2/c1-19-14(12-7-4-8-24-12)17-18-15(19)25-9-13(21)16-10-5-2-3-6-11(10)20(22)23/h2-8H,9H2,1H3,(H,16,21). The van der Waals surface area contributed by atoms with E-state index in [0.29, 0.717) is 5.16 Å². The average molecular weight is 375 g/mol. The number of carbonyl (C=O) groups excluding carboxylic acids is 1. The van der Waals surface area contributed by atoms with Crippen LogP contribution in [-0.2, 0) is 11.8 Å². The minimum absolute atomic E-state index is 0.0719. The van der Waals surface area contributed by atoms with Crippen molar-refractivity contribution >= 4 is 40.4 Å². The summed E-state index contributed by atoms with van der Waals surface area (Å²) in [5.41, 5.74) is 0.0369. The van der Waals surface area contributed by atoms with Gasteiger partial charge in [0.25, 0.3) is 5.69 Å². The van der Waals surface area contributed by atoms with Gasteiger partial charge in [0.05, 0.1) is 15.6 Å². The van der Waals surface area contributed by atoms with Crippen molar-refractivity contribution in [1.29, 1.82) is 0 Å². The Bertz CT molecular complexity index is 908. The molecule has 3 aromatic rings. The topological polar surface area (TPSA) is 103 Å². The molecule has 0 fully saturated rings. The number of carbonyl (C=O) groups is 1. The fraction of sp³-hybridized carbons (Fsp3) is 0.133. The van der Waals surface area contributed by atoms with Crippen LogP contribution in [0.15, 0.2) is 46.9 Å². The van der Waals surface area contributed by atoms with Crippen molar-refractivity contribution in [3.05, 3.63) is 51.9 Å². The van der Waals surface area contributed by atoms with Gasteiger partial charge in [-0.1, -0.05) is 30.0 Å². The molecule has 0 aliphatic carbocycles. The molecule has 0 unspecified atom stereocenters. The highest BCUT2D eigenvalue weighted by molar-refractivity contribution is 7.99. The molecule has 0 bridgehead atoms. The molecule has 0 spiro atoms. The summed E-state index contributed by atoms with van der Waals surface area (Å²) < 4.78 is 1.81. The van der Waals surface area contributed by atoms with Gasteiger partial charge in [-0.3, -0.25) is 14.9 Å². The third kappa shape index (κ3) is 3.86. The molecule has 0 atom stereocenters. The second-order valence-corrected chi connectivity index (χ2v) is 6.84. The molecule has 8 nitrogen and oxygen atoms in total. The summed E-state index contributed by atoms with van der Waals surface area (Å²) in [6, 6.07) is 9.91. The van der Waals surface area contributed by atoms with E-state index in [9.17, 15) is 14.9 Å². The molecule has 0 saturated carbocycles. The van der Waals surface area contributed by atoms with E-state index in [1.165, 1.54) is 23.9 Å². The number of aromatic nitrogens is 3. The second kappa shape index (κ2) is 7.45. The predicted molar refractivity (Wildman–Crippen MR) is 96.8 cm³/mol. The van der Waals surface area contributed by atoms with E-state index < -0.39 is 4.92 Å². The maximum Gasteiger partial charge on any atom is 0.292 e. The summed E-state index contributed by atoms with van der Waals surface area (Å²) in [4.78, 5) is 23.5. The molecule has 1 amide bonds. The lowest BCUT2D eigenvalue weighted by Gasteiger charge is -2.06. The van der Waals surface area contributed by atoms with Crippen LogP contribution in [0.4, 0.5) is 11.4 Å². The number of nitrogens with one attached hydrogen (secondary N) is 1. The van der Waals surface area contributed by atoms with Crippen LogP contribution in [0.1, 0.15) is 0 Å². The fourth-order valence-electron chi connectivity index (χ4n) is 2.12. The predicted octanol–water partition coefficient (Wildman–Crippen LogP) is 3.18. The van der Waals surface area contributed by atoms with Crippen molar-refractivity contribution in [3.63, 3.8) is 0 Å². The van der Waals surface area contributed by atoms with Gasteiger partial charge in [0.1, 0.15) is 5.69 Å². The van der Waals surface area contributed by atoms with Crippen LogP contribution in [0.2, 0.25) is 0 Å². The van der Waals surface area contributed by atoms with Gasteiger partial charge in [-0.05, 0) is 17.5 Å². The number of nitro benzene ring substituents is 1.